The third-order valence-electron chi connectivity index (χ3n) is 2.43. The summed E-state index contributed by atoms with van der Waals surface area (Å²) in [7, 11) is 1.38. The maximum Gasteiger partial charge on any atom is 0.326 e. The highest BCUT2D eigenvalue weighted by molar-refractivity contribution is 5.84. The van der Waals surface area contributed by atoms with E-state index in [-0.39, 0.29) is 5.97 Å². The summed E-state index contributed by atoms with van der Waals surface area (Å²) in [5.41, 5.74) is 5.11. The first-order chi connectivity index (χ1) is 5.02. The third-order valence-corrected chi connectivity index (χ3v) is 2.43. The molecule has 2 atom stereocenters. The molecule has 0 aromatic heterocycles. The van der Waals surface area contributed by atoms with Crippen molar-refractivity contribution in [3.05, 3.63) is 0 Å². The molecule has 0 radical (unpaired) electrons. The topological polar surface area (TPSA) is 52.3 Å². The Morgan fingerprint density at radius 1 is 1.73 bits per heavy atom. The van der Waals surface area contributed by atoms with Gasteiger partial charge < -0.3 is 10.5 Å². The first kappa shape index (κ1) is 8.53. The van der Waals surface area contributed by atoms with Crippen molar-refractivity contribution in [1.29, 1.82) is 0 Å². The van der Waals surface area contributed by atoms with Crippen molar-refractivity contribution in [2.45, 2.75) is 25.8 Å². The average molecular weight is 157 g/mol. The van der Waals surface area contributed by atoms with E-state index in [0.717, 1.165) is 6.42 Å². The SMILES string of the molecule is COC(=O)[C@]1(N)C[C@@H]1C(C)C. The molecule has 0 aromatic rings. The number of nitrogens with two attached hydrogens (primary N) is 1. The van der Waals surface area contributed by atoms with E-state index in [1.807, 2.05) is 0 Å². The van der Waals surface area contributed by atoms with Gasteiger partial charge in [0.25, 0.3) is 0 Å². The van der Waals surface area contributed by atoms with E-state index >= 15 is 0 Å². The molecule has 2 N–H and O–H groups in total. The first-order valence-corrected chi connectivity index (χ1v) is 3.89. The van der Waals surface area contributed by atoms with Gasteiger partial charge in [0.2, 0.25) is 0 Å². The van der Waals surface area contributed by atoms with Crippen molar-refractivity contribution in [1.82, 2.24) is 0 Å². The smallest absolute Gasteiger partial charge is 0.326 e. The van der Waals surface area contributed by atoms with Gasteiger partial charge in [0.05, 0.1) is 7.11 Å². The van der Waals surface area contributed by atoms with Crippen LogP contribution in [0.1, 0.15) is 20.3 Å². The Bertz CT molecular complexity index is 179. The molecule has 0 aliphatic heterocycles. The zero-order chi connectivity index (χ0) is 8.65. The predicted molar refractivity (Wildman–Crippen MR) is 41.9 cm³/mol. The Morgan fingerprint density at radius 3 is 2.55 bits per heavy atom. The quantitative estimate of drug-likeness (QED) is 0.595. The lowest BCUT2D eigenvalue weighted by Crippen LogP contribution is -2.37. The summed E-state index contributed by atoms with van der Waals surface area (Å²) in [6.07, 6.45) is 0.775. The number of hydrogen-bond acceptors (Lipinski definition) is 3. The minimum absolute atomic E-state index is 0.267. The molecule has 64 valence electrons. The second-order valence-electron chi connectivity index (χ2n) is 3.59. The van der Waals surface area contributed by atoms with Gasteiger partial charge in [-0.15, -0.1) is 0 Å². The fourth-order valence-corrected chi connectivity index (χ4v) is 1.56. The van der Waals surface area contributed by atoms with Gasteiger partial charge in [-0.1, -0.05) is 13.8 Å². The molecule has 0 amide bonds. The molecule has 3 nitrogen and oxygen atoms in total. The number of carbonyl (C=O) groups is 1. The molecule has 0 unspecified atom stereocenters. The molecule has 3 heteroatoms. The molecule has 11 heavy (non-hydrogen) atoms. The van der Waals surface area contributed by atoms with Crippen molar-refractivity contribution < 1.29 is 9.53 Å². The molecule has 1 aliphatic rings. The van der Waals surface area contributed by atoms with Gasteiger partial charge in [-0.2, -0.15) is 0 Å². The van der Waals surface area contributed by atoms with Crippen LogP contribution in [0, 0.1) is 11.8 Å². The molecule has 1 fully saturated rings. The maximum atomic E-state index is 11.1. The fraction of sp³-hybridized carbons (Fsp3) is 0.875. The molecule has 1 aliphatic carbocycles. The molecular formula is C8H15NO2. The van der Waals surface area contributed by atoms with Crippen LogP contribution >= 0.6 is 0 Å². The molecular weight excluding hydrogens is 142 g/mol. The Balaban J connectivity index is 2.55. The van der Waals surface area contributed by atoms with Crippen LogP contribution < -0.4 is 5.73 Å². The molecule has 0 saturated heterocycles. The minimum Gasteiger partial charge on any atom is -0.468 e. The van der Waals surface area contributed by atoms with Gasteiger partial charge in [-0.3, -0.25) is 4.79 Å². The van der Waals surface area contributed by atoms with E-state index in [1.54, 1.807) is 0 Å². The fourth-order valence-electron chi connectivity index (χ4n) is 1.56. The average Bonchev–Trinajstić information content (AvgIpc) is 2.62. The number of rotatable bonds is 2. The number of ether oxygens (including phenoxy) is 1. The van der Waals surface area contributed by atoms with E-state index in [9.17, 15) is 4.79 Å². The predicted octanol–water partition coefficient (Wildman–Crippen LogP) is 0.533. The minimum atomic E-state index is -0.664. The van der Waals surface area contributed by atoms with Crippen molar-refractivity contribution in [3.63, 3.8) is 0 Å². The number of methoxy groups -OCH3 is 1. The van der Waals surface area contributed by atoms with E-state index < -0.39 is 5.54 Å². The van der Waals surface area contributed by atoms with Gasteiger partial charge in [0.15, 0.2) is 0 Å². The molecule has 0 aromatic carbocycles. The monoisotopic (exact) mass is 157 g/mol. The molecule has 0 heterocycles. The third kappa shape index (κ3) is 1.25. The second kappa shape index (κ2) is 2.48. The standard InChI is InChI=1S/C8H15NO2/c1-5(2)6-4-8(6,9)7(10)11-3/h5-6H,4,9H2,1-3H3/t6-,8+/m1/s1. The summed E-state index contributed by atoms with van der Waals surface area (Å²) in [6.45, 7) is 4.14. The van der Waals surface area contributed by atoms with Gasteiger partial charge >= 0.3 is 5.97 Å². The zero-order valence-electron chi connectivity index (χ0n) is 7.26. The van der Waals surface area contributed by atoms with E-state index in [0.29, 0.717) is 11.8 Å². The van der Waals surface area contributed by atoms with Crippen LogP contribution in [-0.2, 0) is 9.53 Å². The van der Waals surface area contributed by atoms with Gasteiger partial charge in [-0.25, -0.2) is 0 Å². The van der Waals surface area contributed by atoms with E-state index in [2.05, 4.69) is 18.6 Å². The maximum absolute atomic E-state index is 11.1. The van der Waals surface area contributed by atoms with Crippen molar-refractivity contribution >= 4 is 5.97 Å². The highest BCUT2D eigenvalue weighted by Gasteiger charge is 2.59. The Morgan fingerprint density at radius 2 is 2.27 bits per heavy atom. The second-order valence-corrected chi connectivity index (χ2v) is 3.59. The van der Waals surface area contributed by atoms with Crippen LogP contribution in [-0.4, -0.2) is 18.6 Å². The normalized spacial score (nSPS) is 35.5. The Kier molecular flexibility index (Phi) is 1.92. The van der Waals surface area contributed by atoms with Crippen LogP contribution in [0.25, 0.3) is 0 Å². The lowest BCUT2D eigenvalue weighted by atomic mass is 10.0. The number of hydrogen-bond donors (Lipinski definition) is 1. The number of carbonyl (C=O) groups excluding carboxylic acids is 1. The summed E-state index contributed by atoms with van der Waals surface area (Å²) in [4.78, 5) is 11.1. The molecule has 1 saturated carbocycles. The van der Waals surface area contributed by atoms with Crippen LogP contribution in [0.2, 0.25) is 0 Å². The Labute approximate surface area is 66.9 Å². The van der Waals surface area contributed by atoms with Gasteiger partial charge in [0.1, 0.15) is 5.54 Å². The van der Waals surface area contributed by atoms with Gasteiger partial charge in [-0.05, 0) is 18.3 Å². The highest BCUT2D eigenvalue weighted by atomic mass is 16.5. The summed E-state index contributed by atoms with van der Waals surface area (Å²) >= 11 is 0. The van der Waals surface area contributed by atoms with Crippen LogP contribution in [0.3, 0.4) is 0 Å². The van der Waals surface area contributed by atoms with Gasteiger partial charge in [0, 0.05) is 0 Å². The van der Waals surface area contributed by atoms with Crippen molar-refractivity contribution in [2.24, 2.45) is 17.6 Å². The summed E-state index contributed by atoms with van der Waals surface area (Å²) in [5, 5.41) is 0. The lowest BCUT2D eigenvalue weighted by Gasteiger charge is -2.10. The summed E-state index contributed by atoms with van der Waals surface area (Å²) < 4.78 is 4.59. The Hall–Kier alpha value is -0.570. The molecule has 0 bridgehead atoms. The zero-order valence-corrected chi connectivity index (χ0v) is 7.26. The molecule has 1 rings (SSSR count). The molecule has 0 spiro atoms. The first-order valence-electron chi connectivity index (χ1n) is 3.89. The summed E-state index contributed by atoms with van der Waals surface area (Å²) in [5.74, 6) is 0.519. The van der Waals surface area contributed by atoms with E-state index in [1.165, 1.54) is 7.11 Å². The van der Waals surface area contributed by atoms with Crippen molar-refractivity contribution in [3.8, 4) is 0 Å². The van der Waals surface area contributed by atoms with Crippen LogP contribution in [0.5, 0.6) is 0 Å². The largest absolute Gasteiger partial charge is 0.468 e. The van der Waals surface area contributed by atoms with Crippen molar-refractivity contribution in [2.75, 3.05) is 7.11 Å². The van der Waals surface area contributed by atoms with Crippen LogP contribution in [0.4, 0.5) is 0 Å². The van der Waals surface area contributed by atoms with Crippen LogP contribution in [0.15, 0.2) is 0 Å². The lowest BCUT2D eigenvalue weighted by molar-refractivity contribution is -0.143. The van der Waals surface area contributed by atoms with E-state index in [4.69, 9.17) is 5.73 Å². The highest BCUT2D eigenvalue weighted by Crippen LogP contribution is 2.46. The number of esters is 1. The summed E-state index contributed by atoms with van der Waals surface area (Å²) in [6, 6.07) is 0.